The lowest BCUT2D eigenvalue weighted by Gasteiger charge is -2.15. The third-order valence-electron chi connectivity index (χ3n) is 3.97. The number of aromatic nitrogens is 3. The van der Waals surface area contributed by atoms with Crippen molar-refractivity contribution >= 4 is 11.8 Å². The van der Waals surface area contributed by atoms with Gasteiger partial charge in [-0.2, -0.15) is 0 Å². The summed E-state index contributed by atoms with van der Waals surface area (Å²) in [6, 6.07) is 13.2. The minimum atomic E-state index is -0.300. The maximum absolute atomic E-state index is 12.3. The fraction of sp³-hybridized carbons (Fsp3) is 0.211. The molecule has 3 rings (SSSR count). The topological polar surface area (TPSA) is 82.7 Å². The Morgan fingerprint density at radius 2 is 1.96 bits per heavy atom. The molecule has 3 aromatic rings. The Balaban J connectivity index is 1.69. The van der Waals surface area contributed by atoms with E-state index in [1.165, 1.54) is 0 Å². The Bertz CT molecular complexity index is 844. The molecular formula is C19H21N5O. The highest BCUT2D eigenvalue weighted by molar-refractivity contribution is 5.89. The van der Waals surface area contributed by atoms with Crippen LogP contribution in [0.1, 0.15) is 30.8 Å². The van der Waals surface area contributed by atoms with E-state index in [4.69, 9.17) is 0 Å². The number of carbonyl (C=O) groups excluding carboxylic acids is 1. The molecule has 0 saturated carbocycles. The number of aryl methyl sites for hydroxylation is 1. The first-order valence-electron chi connectivity index (χ1n) is 8.27. The van der Waals surface area contributed by atoms with Crippen LogP contribution < -0.4 is 10.6 Å². The van der Waals surface area contributed by atoms with Gasteiger partial charge in [-0.3, -0.25) is 5.32 Å². The van der Waals surface area contributed by atoms with E-state index in [0.29, 0.717) is 5.82 Å². The molecule has 0 saturated heterocycles. The Kier molecular flexibility index (Phi) is 5.09. The number of amides is 2. The molecule has 0 fully saturated rings. The molecule has 0 aliphatic heterocycles. The van der Waals surface area contributed by atoms with Crippen molar-refractivity contribution in [3.63, 3.8) is 0 Å². The second-order valence-electron chi connectivity index (χ2n) is 5.78. The molecule has 0 aliphatic carbocycles. The van der Waals surface area contributed by atoms with E-state index >= 15 is 0 Å². The maximum atomic E-state index is 12.3. The largest absolute Gasteiger partial charge is 0.340 e. The van der Waals surface area contributed by atoms with Crippen molar-refractivity contribution in [3.05, 3.63) is 66.2 Å². The molecule has 0 bridgehead atoms. The molecule has 0 aliphatic rings. The van der Waals surface area contributed by atoms with Gasteiger partial charge in [0.2, 0.25) is 0 Å². The van der Waals surface area contributed by atoms with Gasteiger partial charge in [0.25, 0.3) is 0 Å². The molecule has 0 unspecified atom stereocenters. The summed E-state index contributed by atoms with van der Waals surface area (Å²) in [4.78, 5) is 24.2. The third kappa shape index (κ3) is 4.03. The van der Waals surface area contributed by atoms with E-state index in [9.17, 15) is 4.79 Å². The highest BCUT2D eigenvalue weighted by Crippen LogP contribution is 2.20. The standard InChI is InChI=1S/C19H21N5O/c1-3-15(23-19(25)24-17-13(2)8-7-11-20-17)18-21-12-16(22-18)14-9-5-4-6-10-14/h4-12,15H,3H2,1-2H3,(H,21,22)(H2,20,23,24,25)/t15-/m0/s1. The van der Waals surface area contributed by atoms with E-state index in [1.807, 2.05) is 56.3 Å². The van der Waals surface area contributed by atoms with Crippen LogP contribution in [0.25, 0.3) is 11.3 Å². The zero-order valence-corrected chi connectivity index (χ0v) is 14.3. The molecular weight excluding hydrogens is 314 g/mol. The van der Waals surface area contributed by atoms with Gasteiger partial charge in [-0.05, 0) is 30.5 Å². The number of rotatable bonds is 5. The van der Waals surface area contributed by atoms with Crippen molar-refractivity contribution in [1.29, 1.82) is 0 Å². The van der Waals surface area contributed by atoms with Gasteiger partial charge < -0.3 is 10.3 Å². The number of imidazole rings is 1. The predicted molar refractivity (Wildman–Crippen MR) is 98.2 cm³/mol. The first-order valence-corrected chi connectivity index (χ1v) is 8.27. The second-order valence-corrected chi connectivity index (χ2v) is 5.78. The van der Waals surface area contributed by atoms with Gasteiger partial charge in [-0.1, -0.05) is 43.3 Å². The van der Waals surface area contributed by atoms with Crippen molar-refractivity contribution in [2.45, 2.75) is 26.3 Å². The molecule has 0 spiro atoms. The van der Waals surface area contributed by atoms with Crippen molar-refractivity contribution in [3.8, 4) is 11.3 Å². The Morgan fingerprint density at radius 3 is 2.68 bits per heavy atom. The Hall–Kier alpha value is -3.15. The zero-order valence-electron chi connectivity index (χ0n) is 14.3. The molecule has 128 valence electrons. The maximum Gasteiger partial charge on any atom is 0.321 e. The quantitative estimate of drug-likeness (QED) is 0.658. The van der Waals surface area contributed by atoms with Crippen LogP contribution in [0, 0.1) is 6.92 Å². The molecule has 1 aromatic carbocycles. The Morgan fingerprint density at radius 1 is 1.16 bits per heavy atom. The summed E-state index contributed by atoms with van der Waals surface area (Å²) >= 11 is 0. The highest BCUT2D eigenvalue weighted by atomic mass is 16.2. The summed E-state index contributed by atoms with van der Waals surface area (Å²) in [5.74, 6) is 1.29. The summed E-state index contributed by atoms with van der Waals surface area (Å²) in [7, 11) is 0. The number of aromatic amines is 1. The van der Waals surface area contributed by atoms with Gasteiger partial charge in [0.15, 0.2) is 0 Å². The number of hydrogen-bond donors (Lipinski definition) is 3. The van der Waals surface area contributed by atoms with Gasteiger partial charge in [0.1, 0.15) is 11.6 Å². The van der Waals surface area contributed by atoms with Crippen LogP contribution in [0.15, 0.2) is 54.9 Å². The molecule has 6 nitrogen and oxygen atoms in total. The van der Waals surface area contributed by atoms with Crippen LogP contribution in [-0.4, -0.2) is 21.0 Å². The first-order chi connectivity index (χ1) is 12.2. The lowest BCUT2D eigenvalue weighted by molar-refractivity contribution is 0.247. The van der Waals surface area contributed by atoms with Crippen molar-refractivity contribution in [2.75, 3.05) is 5.32 Å². The van der Waals surface area contributed by atoms with Crippen LogP contribution in [0.2, 0.25) is 0 Å². The van der Waals surface area contributed by atoms with Crippen LogP contribution in [0.3, 0.4) is 0 Å². The summed E-state index contributed by atoms with van der Waals surface area (Å²) in [6.07, 6.45) is 4.16. The monoisotopic (exact) mass is 335 g/mol. The second kappa shape index (κ2) is 7.61. The lowest BCUT2D eigenvalue weighted by Crippen LogP contribution is -2.33. The molecule has 2 aromatic heterocycles. The molecule has 2 amide bonds. The summed E-state index contributed by atoms with van der Waals surface area (Å²) in [5.41, 5.74) is 2.90. The predicted octanol–water partition coefficient (Wildman–Crippen LogP) is 4.05. The van der Waals surface area contributed by atoms with E-state index in [1.54, 1.807) is 12.4 Å². The molecule has 0 radical (unpaired) electrons. The average molecular weight is 335 g/mol. The summed E-state index contributed by atoms with van der Waals surface area (Å²) in [6.45, 7) is 3.90. The minimum Gasteiger partial charge on any atom is -0.340 e. The Labute approximate surface area is 146 Å². The average Bonchev–Trinajstić information content (AvgIpc) is 3.12. The summed E-state index contributed by atoms with van der Waals surface area (Å²) in [5, 5.41) is 5.72. The van der Waals surface area contributed by atoms with Gasteiger partial charge >= 0.3 is 6.03 Å². The van der Waals surface area contributed by atoms with Crippen molar-refractivity contribution in [2.24, 2.45) is 0 Å². The molecule has 2 heterocycles. The van der Waals surface area contributed by atoms with E-state index in [0.717, 1.165) is 29.1 Å². The van der Waals surface area contributed by atoms with E-state index < -0.39 is 0 Å². The normalized spacial score (nSPS) is 11.8. The van der Waals surface area contributed by atoms with Gasteiger partial charge in [0.05, 0.1) is 17.9 Å². The molecule has 1 atom stereocenters. The molecule has 25 heavy (non-hydrogen) atoms. The van der Waals surface area contributed by atoms with Crippen molar-refractivity contribution in [1.82, 2.24) is 20.3 Å². The SMILES string of the molecule is CC[C@H](NC(=O)Nc1ncccc1C)c1ncc(-c2ccccc2)[nH]1. The number of carbonyl (C=O) groups is 1. The van der Waals surface area contributed by atoms with Crippen LogP contribution in [-0.2, 0) is 0 Å². The number of hydrogen-bond acceptors (Lipinski definition) is 3. The minimum absolute atomic E-state index is 0.207. The van der Waals surface area contributed by atoms with Gasteiger partial charge in [-0.15, -0.1) is 0 Å². The first kappa shape index (κ1) is 16.7. The zero-order chi connectivity index (χ0) is 17.6. The van der Waals surface area contributed by atoms with Crippen LogP contribution >= 0.6 is 0 Å². The fourth-order valence-corrected chi connectivity index (χ4v) is 2.56. The smallest absolute Gasteiger partial charge is 0.321 e. The number of urea groups is 1. The lowest BCUT2D eigenvalue weighted by atomic mass is 10.2. The number of nitrogens with zero attached hydrogens (tertiary/aromatic N) is 2. The number of pyridine rings is 1. The third-order valence-corrected chi connectivity index (χ3v) is 3.97. The van der Waals surface area contributed by atoms with Crippen LogP contribution in [0.4, 0.5) is 10.6 Å². The number of H-pyrrole nitrogens is 1. The number of nitrogens with one attached hydrogen (secondary N) is 3. The van der Waals surface area contributed by atoms with Crippen LogP contribution in [0.5, 0.6) is 0 Å². The van der Waals surface area contributed by atoms with E-state index in [2.05, 4.69) is 25.6 Å². The van der Waals surface area contributed by atoms with Crippen molar-refractivity contribution < 1.29 is 4.79 Å². The molecule has 3 N–H and O–H groups in total. The van der Waals surface area contributed by atoms with Gasteiger partial charge in [-0.25, -0.2) is 14.8 Å². The fourth-order valence-electron chi connectivity index (χ4n) is 2.56. The number of benzene rings is 1. The molecule has 6 heteroatoms. The van der Waals surface area contributed by atoms with E-state index in [-0.39, 0.29) is 12.1 Å². The number of anilines is 1. The van der Waals surface area contributed by atoms with Gasteiger partial charge in [0, 0.05) is 6.20 Å². The highest BCUT2D eigenvalue weighted by Gasteiger charge is 2.17. The summed E-state index contributed by atoms with van der Waals surface area (Å²) < 4.78 is 0.